The molecule has 0 fully saturated rings. The molecular weight excluding hydrogens is 315 g/mol. The van der Waals surface area contributed by atoms with E-state index in [4.69, 9.17) is 4.74 Å². The molecule has 1 aromatic heterocycles. The Morgan fingerprint density at radius 1 is 1.46 bits per heavy atom. The van der Waals surface area contributed by atoms with Gasteiger partial charge >= 0.3 is 5.69 Å². The monoisotopic (exact) mass is 336 g/mol. The smallest absolute Gasteiger partial charge is 0.313 e. The van der Waals surface area contributed by atoms with Crippen molar-refractivity contribution in [2.24, 2.45) is 7.05 Å². The summed E-state index contributed by atoms with van der Waals surface area (Å²) in [5.74, 6) is -0.668. The highest BCUT2D eigenvalue weighted by Gasteiger charge is 2.20. The first kappa shape index (κ1) is 17.7. The number of benzene rings is 1. The van der Waals surface area contributed by atoms with E-state index in [2.05, 4.69) is 10.4 Å². The first-order valence-electron chi connectivity index (χ1n) is 7.52. The van der Waals surface area contributed by atoms with E-state index in [9.17, 15) is 14.5 Å². The lowest BCUT2D eigenvalue weighted by Crippen LogP contribution is -2.20. The molecule has 1 atom stereocenters. The van der Waals surface area contributed by atoms with Crippen LogP contribution in [0.2, 0.25) is 0 Å². The largest absolute Gasteiger partial charge is 0.490 e. The number of halogens is 1. The lowest BCUT2D eigenvalue weighted by molar-refractivity contribution is -0.385. The summed E-state index contributed by atoms with van der Waals surface area (Å²) in [6.07, 6.45) is 0.657. The third kappa shape index (κ3) is 3.47. The Labute approximate surface area is 139 Å². The van der Waals surface area contributed by atoms with E-state index in [0.717, 1.165) is 23.0 Å². The minimum Gasteiger partial charge on any atom is -0.490 e. The third-order valence-corrected chi connectivity index (χ3v) is 4.04. The van der Waals surface area contributed by atoms with Crippen LogP contribution >= 0.6 is 0 Å². The fraction of sp³-hybridized carbons (Fsp3) is 0.438. The standard InChI is InChI=1S/C16H21FN4O3/c1-9(6-12-10(2)19-20(4)11(12)3)18-14-8-16(24-5)15(21(22)23)7-13(14)17/h7-9,18H,6H2,1-5H3/t9-/m1/s1. The summed E-state index contributed by atoms with van der Waals surface area (Å²) >= 11 is 0. The van der Waals surface area contributed by atoms with Crippen molar-refractivity contribution in [1.82, 2.24) is 9.78 Å². The molecule has 0 amide bonds. The second kappa shape index (κ2) is 6.86. The van der Waals surface area contributed by atoms with Gasteiger partial charge in [0.15, 0.2) is 11.6 Å². The number of nitrogens with zero attached hydrogens (tertiary/aromatic N) is 3. The average Bonchev–Trinajstić information content (AvgIpc) is 2.75. The van der Waals surface area contributed by atoms with Crippen LogP contribution in [0.3, 0.4) is 0 Å². The number of methoxy groups -OCH3 is 1. The van der Waals surface area contributed by atoms with E-state index in [1.165, 1.54) is 13.2 Å². The molecule has 0 bridgehead atoms. The lowest BCUT2D eigenvalue weighted by Gasteiger charge is -2.17. The van der Waals surface area contributed by atoms with E-state index >= 15 is 0 Å². The number of nitro groups is 1. The number of nitrogens with one attached hydrogen (secondary N) is 1. The fourth-order valence-corrected chi connectivity index (χ4v) is 2.70. The number of hydrogen-bond donors (Lipinski definition) is 1. The second-order valence-electron chi connectivity index (χ2n) is 5.78. The van der Waals surface area contributed by atoms with Crippen LogP contribution in [-0.2, 0) is 13.5 Å². The molecule has 0 unspecified atom stereocenters. The van der Waals surface area contributed by atoms with Crippen molar-refractivity contribution >= 4 is 11.4 Å². The highest BCUT2D eigenvalue weighted by molar-refractivity contribution is 5.59. The van der Waals surface area contributed by atoms with Crippen LogP contribution in [-0.4, -0.2) is 27.9 Å². The van der Waals surface area contributed by atoms with Gasteiger partial charge < -0.3 is 10.1 Å². The first-order valence-corrected chi connectivity index (χ1v) is 7.52. The van der Waals surface area contributed by atoms with Gasteiger partial charge in [-0.05, 0) is 32.8 Å². The SMILES string of the molecule is COc1cc(N[C@H](C)Cc2c(C)nn(C)c2C)c(F)cc1[N+](=O)[O-]. The van der Waals surface area contributed by atoms with Crippen molar-refractivity contribution in [3.63, 3.8) is 0 Å². The topological polar surface area (TPSA) is 82.2 Å². The Bertz CT molecular complexity index is 773. The zero-order valence-electron chi connectivity index (χ0n) is 14.4. The number of aromatic nitrogens is 2. The van der Waals surface area contributed by atoms with Gasteiger partial charge in [0.1, 0.15) is 0 Å². The molecule has 0 spiro atoms. The van der Waals surface area contributed by atoms with Crippen LogP contribution < -0.4 is 10.1 Å². The minimum atomic E-state index is -0.686. The summed E-state index contributed by atoms with van der Waals surface area (Å²) in [6, 6.07) is 2.09. The summed E-state index contributed by atoms with van der Waals surface area (Å²) in [5.41, 5.74) is 2.87. The van der Waals surface area contributed by atoms with Crippen LogP contribution in [0.4, 0.5) is 15.8 Å². The maximum atomic E-state index is 14.1. The molecule has 2 rings (SSSR count). The Morgan fingerprint density at radius 2 is 2.12 bits per heavy atom. The van der Waals surface area contributed by atoms with Gasteiger partial charge in [0.25, 0.3) is 0 Å². The fourth-order valence-electron chi connectivity index (χ4n) is 2.70. The van der Waals surface area contributed by atoms with Crippen LogP contribution in [0, 0.1) is 29.8 Å². The molecule has 0 saturated carbocycles. The van der Waals surface area contributed by atoms with Crippen molar-refractivity contribution in [2.45, 2.75) is 33.2 Å². The van der Waals surface area contributed by atoms with Gasteiger partial charge in [-0.15, -0.1) is 0 Å². The van der Waals surface area contributed by atoms with Gasteiger partial charge in [-0.1, -0.05) is 0 Å². The van der Waals surface area contributed by atoms with Crippen molar-refractivity contribution in [3.8, 4) is 5.75 Å². The Kier molecular flexibility index (Phi) is 5.06. The first-order chi connectivity index (χ1) is 11.2. The van der Waals surface area contributed by atoms with Gasteiger partial charge in [-0.3, -0.25) is 14.8 Å². The zero-order chi connectivity index (χ0) is 18.0. The number of hydrogen-bond acceptors (Lipinski definition) is 5. The molecule has 0 aliphatic rings. The molecule has 24 heavy (non-hydrogen) atoms. The molecule has 1 N–H and O–H groups in total. The van der Waals surface area contributed by atoms with E-state index < -0.39 is 16.4 Å². The normalized spacial score (nSPS) is 12.1. The van der Waals surface area contributed by atoms with E-state index in [-0.39, 0.29) is 17.5 Å². The summed E-state index contributed by atoms with van der Waals surface area (Å²) in [4.78, 5) is 10.2. The quantitative estimate of drug-likeness (QED) is 0.647. The number of aryl methyl sites for hydroxylation is 2. The molecule has 0 saturated heterocycles. The predicted octanol–water partition coefficient (Wildman–Crippen LogP) is 3.14. The van der Waals surface area contributed by atoms with Gasteiger partial charge in [0.2, 0.25) is 0 Å². The Balaban J connectivity index is 2.22. The Morgan fingerprint density at radius 3 is 2.62 bits per heavy atom. The van der Waals surface area contributed by atoms with Crippen LogP contribution in [0.25, 0.3) is 0 Å². The van der Waals surface area contributed by atoms with Crippen LogP contribution in [0.1, 0.15) is 23.9 Å². The number of nitro benzene ring substituents is 1. The van der Waals surface area contributed by atoms with Crippen molar-refractivity contribution < 1.29 is 14.1 Å². The van der Waals surface area contributed by atoms with Gasteiger partial charge in [0.05, 0.1) is 29.5 Å². The third-order valence-electron chi connectivity index (χ3n) is 4.04. The molecule has 7 nitrogen and oxygen atoms in total. The van der Waals surface area contributed by atoms with Crippen LogP contribution in [0.15, 0.2) is 12.1 Å². The van der Waals surface area contributed by atoms with Gasteiger partial charge in [-0.2, -0.15) is 5.10 Å². The summed E-state index contributed by atoms with van der Waals surface area (Å²) in [7, 11) is 3.20. The molecule has 130 valence electrons. The molecule has 2 aromatic rings. The number of rotatable bonds is 6. The molecule has 0 radical (unpaired) electrons. The van der Waals surface area contributed by atoms with E-state index in [1.807, 2.05) is 32.5 Å². The molecule has 0 aliphatic carbocycles. The lowest BCUT2D eigenvalue weighted by atomic mass is 10.0. The Hall–Kier alpha value is -2.64. The van der Waals surface area contributed by atoms with Crippen molar-refractivity contribution in [1.29, 1.82) is 0 Å². The highest BCUT2D eigenvalue weighted by Crippen LogP contribution is 2.32. The number of ether oxygens (including phenoxy) is 1. The second-order valence-corrected chi connectivity index (χ2v) is 5.78. The molecule has 0 aliphatic heterocycles. The zero-order valence-corrected chi connectivity index (χ0v) is 14.4. The van der Waals surface area contributed by atoms with Gasteiger partial charge in [-0.25, -0.2) is 4.39 Å². The number of anilines is 1. The maximum absolute atomic E-state index is 14.1. The molecule has 1 aromatic carbocycles. The average molecular weight is 336 g/mol. The maximum Gasteiger partial charge on any atom is 0.313 e. The summed E-state index contributed by atoms with van der Waals surface area (Å²) in [5, 5.41) is 18.3. The van der Waals surface area contributed by atoms with E-state index in [1.54, 1.807) is 0 Å². The predicted molar refractivity (Wildman–Crippen MR) is 89.1 cm³/mol. The van der Waals surface area contributed by atoms with Crippen molar-refractivity contribution in [2.75, 3.05) is 12.4 Å². The molecule has 1 heterocycles. The van der Waals surface area contributed by atoms with Gasteiger partial charge in [0, 0.05) is 24.8 Å². The molecular formula is C16H21FN4O3. The minimum absolute atomic E-state index is 0.0184. The summed E-state index contributed by atoms with van der Waals surface area (Å²) < 4.78 is 20.9. The highest BCUT2D eigenvalue weighted by atomic mass is 19.1. The van der Waals surface area contributed by atoms with Crippen molar-refractivity contribution in [3.05, 3.63) is 45.0 Å². The van der Waals surface area contributed by atoms with Crippen LogP contribution in [0.5, 0.6) is 5.75 Å². The van der Waals surface area contributed by atoms with E-state index in [0.29, 0.717) is 6.42 Å². The summed E-state index contributed by atoms with van der Waals surface area (Å²) in [6.45, 7) is 5.83. The molecule has 8 heteroatoms.